The predicted molar refractivity (Wildman–Crippen MR) is 84.0 cm³/mol. The zero-order valence-electron chi connectivity index (χ0n) is 11.9. The zero-order valence-corrected chi connectivity index (χ0v) is 12.7. The van der Waals surface area contributed by atoms with E-state index in [0.29, 0.717) is 0 Å². The molecule has 0 radical (unpaired) electrons. The second kappa shape index (κ2) is 5.92. The second-order valence-corrected chi connectivity index (χ2v) is 6.24. The Hall–Kier alpha value is -1.42. The molecule has 4 heteroatoms. The van der Waals surface area contributed by atoms with Crippen molar-refractivity contribution in [3.63, 3.8) is 0 Å². The lowest BCUT2D eigenvalue weighted by Crippen LogP contribution is -2.22. The molecule has 0 amide bonds. The van der Waals surface area contributed by atoms with Crippen LogP contribution < -0.4 is 0 Å². The second-order valence-electron chi connectivity index (χ2n) is 5.85. The van der Waals surface area contributed by atoms with Crippen LogP contribution in [0, 0.1) is 16.6 Å². The van der Waals surface area contributed by atoms with E-state index in [4.69, 9.17) is 12.2 Å². The Bertz CT molecular complexity index is 614. The lowest BCUT2D eigenvalue weighted by atomic mass is 9.80. The van der Waals surface area contributed by atoms with Crippen molar-refractivity contribution in [2.45, 2.75) is 39.2 Å². The maximum Gasteiger partial charge on any atom is 0.195 e. The van der Waals surface area contributed by atoms with Crippen LogP contribution in [0.25, 0.3) is 11.4 Å². The summed E-state index contributed by atoms with van der Waals surface area (Å²) in [4.78, 5) is 0. The Kier molecular flexibility index (Phi) is 4.01. The summed E-state index contributed by atoms with van der Waals surface area (Å²) in [6.07, 6.45) is 5.37. The molecular weight excluding hydrogens is 266 g/mol. The number of aromatic amines is 1. The van der Waals surface area contributed by atoms with E-state index in [-0.39, 0.29) is 0 Å². The summed E-state index contributed by atoms with van der Waals surface area (Å²) in [5.74, 6) is 2.47. The van der Waals surface area contributed by atoms with Crippen LogP contribution in [-0.4, -0.2) is 14.8 Å². The van der Waals surface area contributed by atoms with Gasteiger partial charge in [0, 0.05) is 12.1 Å². The fourth-order valence-electron chi connectivity index (χ4n) is 3.19. The number of hydrogen-bond acceptors (Lipinski definition) is 2. The Balaban J connectivity index is 1.90. The van der Waals surface area contributed by atoms with Gasteiger partial charge in [-0.1, -0.05) is 56.5 Å². The van der Waals surface area contributed by atoms with Crippen molar-refractivity contribution in [1.29, 1.82) is 0 Å². The van der Waals surface area contributed by atoms with Gasteiger partial charge >= 0.3 is 0 Å². The molecule has 106 valence electrons. The van der Waals surface area contributed by atoms with Crippen molar-refractivity contribution in [1.82, 2.24) is 14.8 Å². The first-order chi connectivity index (χ1) is 9.75. The van der Waals surface area contributed by atoms with Gasteiger partial charge in [0.1, 0.15) is 0 Å². The van der Waals surface area contributed by atoms with Gasteiger partial charge in [-0.25, -0.2) is 0 Å². The molecule has 1 N–H and O–H groups in total. The first kappa shape index (κ1) is 13.6. The predicted octanol–water partition coefficient (Wildman–Crippen LogP) is 4.43. The Morgan fingerprint density at radius 2 is 2.00 bits per heavy atom. The van der Waals surface area contributed by atoms with E-state index in [1.807, 2.05) is 18.2 Å². The van der Waals surface area contributed by atoms with Crippen molar-refractivity contribution in [3.8, 4) is 11.4 Å². The molecule has 0 bridgehead atoms. The van der Waals surface area contributed by atoms with Crippen molar-refractivity contribution in [2.75, 3.05) is 0 Å². The van der Waals surface area contributed by atoms with Gasteiger partial charge in [0.2, 0.25) is 0 Å². The normalized spacial score (nSPS) is 22.9. The fourth-order valence-corrected chi connectivity index (χ4v) is 3.40. The number of rotatable bonds is 3. The van der Waals surface area contributed by atoms with Gasteiger partial charge in [-0.3, -0.25) is 9.67 Å². The average Bonchev–Trinajstić information content (AvgIpc) is 2.84. The summed E-state index contributed by atoms with van der Waals surface area (Å²) in [6, 6.07) is 10.3. The average molecular weight is 287 g/mol. The lowest BCUT2D eigenvalue weighted by Gasteiger charge is -2.29. The maximum atomic E-state index is 5.42. The number of nitrogens with one attached hydrogen (secondary N) is 1. The SMILES string of the molecule is CC1CCCCC1Cn1c(-c2ccccc2)n[nH]c1=S. The van der Waals surface area contributed by atoms with Crippen molar-refractivity contribution in [2.24, 2.45) is 11.8 Å². The molecule has 20 heavy (non-hydrogen) atoms. The lowest BCUT2D eigenvalue weighted by molar-refractivity contribution is 0.228. The third kappa shape index (κ3) is 2.70. The molecule has 0 saturated heterocycles. The zero-order chi connectivity index (χ0) is 13.9. The first-order valence-electron chi connectivity index (χ1n) is 7.46. The van der Waals surface area contributed by atoms with E-state index in [1.165, 1.54) is 25.7 Å². The summed E-state index contributed by atoms with van der Waals surface area (Å²) in [7, 11) is 0. The van der Waals surface area contributed by atoms with E-state index in [1.54, 1.807) is 0 Å². The summed E-state index contributed by atoms with van der Waals surface area (Å²) >= 11 is 5.42. The minimum Gasteiger partial charge on any atom is -0.300 e. The minimum absolute atomic E-state index is 0.718. The van der Waals surface area contributed by atoms with Gasteiger partial charge in [-0.05, 0) is 30.5 Å². The van der Waals surface area contributed by atoms with Gasteiger partial charge in [-0.15, -0.1) is 0 Å². The van der Waals surface area contributed by atoms with Crippen LogP contribution in [0.5, 0.6) is 0 Å². The third-order valence-electron chi connectivity index (χ3n) is 4.50. The summed E-state index contributed by atoms with van der Waals surface area (Å²) in [6.45, 7) is 3.36. The Morgan fingerprint density at radius 1 is 1.25 bits per heavy atom. The van der Waals surface area contributed by atoms with Gasteiger partial charge in [0.25, 0.3) is 0 Å². The van der Waals surface area contributed by atoms with E-state index in [9.17, 15) is 0 Å². The highest BCUT2D eigenvalue weighted by Gasteiger charge is 2.23. The van der Waals surface area contributed by atoms with E-state index >= 15 is 0 Å². The third-order valence-corrected chi connectivity index (χ3v) is 4.81. The van der Waals surface area contributed by atoms with Crippen LogP contribution in [0.2, 0.25) is 0 Å². The molecule has 2 atom stereocenters. The fraction of sp³-hybridized carbons (Fsp3) is 0.500. The molecule has 1 fully saturated rings. The van der Waals surface area contributed by atoms with Crippen LogP contribution in [0.15, 0.2) is 30.3 Å². The highest BCUT2D eigenvalue weighted by Crippen LogP contribution is 2.31. The molecule has 0 aliphatic heterocycles. The highest BCUT2D eigenvalue weighted by atomic mass is 32.1. The summed E-state index contributed by atoms with van der Waals surface area (Å²) in [5, 5.41) is 7.38. The molecule has 1 aliphatic carbocycles. The van der Waals surface area contributed by atoms with E-state index in [0.717, 1.165) is 34.5 Å². The standard InChI is InChI=1S/C16H21N3S/c1-12-7-5-6-10-14(12)11-19-15(17-18-16(19)20)13-8-3-2-4-9-13/h2-4,8-9,12,14H,5-7,10-11H2,1H3,(H,18,20). The largest absolute Gasteiger partial charge is 0.300 e. The van der Waals surface area contributed by atoms with Crippen molar-refractivity contribution in [3.05, 3.63) is 35.1 Å². The van der Waals surface area contributed by atoms with Crippen LogP contribution in [0.1, 0.15) is 32.6 Å². The molecule has 1 aromatic heterocycles. The summed E-state index contributed by atoms with van der Waals surface area (Å²) in [5.41, 5.74) is 1.13. The van der Waals surface area contributed by atoms with Crippen molar-refractivity contribution < 1.29 is 0 Å². The monoisotopic (exact) mass is 287 g/mol. The molecule has 0 spiro atoms. The molecule has 1 heterocycles. The molecule has 2 aromatic rings. The molecule has 1 aromatic carbocycles. The molecular formula is C16H21N3S. The topological polar surface area (TPSA) is 33.6 Å². The van der Waals surface area contributed by atoms with E-state index < -0.39 is 0 Å². The molecule has 3 nitrogen and oxygen atoms in total. The van der Waals surface area contributed by atoms with Gasteiger partial charge in [0.05, 0.1) is 0 Å². The molecule has 1 aliphatic rings. The van der Waals surface area contributed by atoms with Crippen LogP contribution >= 0.6 is 12.2 Å². The van der Waals surface area contributed by atoms with Crippen LogP contribution in [-0.2, 0) is 6.54 Å². The molecule has 1 saturated carbocycles. The van der Waals surface area contributed by atoms with Gasteiger partial charge in [0.15, 0.2) is 10.6 Å². The maximum absolute atomic E-state index is 5.42. The van der Waals surface area contributed by atoms with Crippen LogP contribution in [0.4, 0.5) is 0 Å². The van der Waals surface area contributed by atoms with Gasteiger partial charge < -0.3 is 0 Å². The smallest absolute Gasteiger partial charge is 0.195 e. The Morgan fingerprint density at radius 3 is 2.75 bits per heavy atom. The number of benzene rings is 1. The van der Waals surface area contributed by atoms with Gasteiger partial charge in [-0.2, -0.15) is 5.10 Å². The number of aromatic nitrogens is 3. The highest BCUT2D eigenvalue weighted by molar-refractivity contribution is 7.71. The van der Waals surface area contributed by atoms with Crippen molar-refractivity contribution >= 4 is 12.2 Å². The quantitative estimate of drug-likeness (QED) is 0.847. The summed E-state index contributed by atoms with van der Waals surface area (Å²) < 4.78 is 2.92. The molecule has 3 rings (SSSR count). The number of H-pyrrole nitrogens is 1. The molecule has 2 unspecified atom stereocenters. The first-order valence-corrected chi connectivity index (χ1v) is 7.87. The minimum atomic E-state index is 0.718. The van der Waals surface area contributed by atoms with E-state index in [2.05, 4.69) is 33.8 Å². The Labute approximate surface area is 125 Å². The number of nitrogens with zero attached hydrogens (tertiary/aromatic N) is 2. The number of hydrogen-bond donors (Lipinski definition) is 1. The van der Waals surface area contributed by atoms with Crippen LogP contribution in [0.3, 0.4) is 0 Å².